The lowest BCUT2D eigenvalue weighted by Gasteiger charge is -2.42. The molecule has 3 unspecified atom stereocenters. The maximum atomic E-state index is 11.7. The average Bonchev–Trinajstić information content (AvgIpc) is 2.27. The Bertz CT molecular complexity index is 230. The lowest BCUT2D eigenvalue weighted by Crippen LogP contribution is -2.49. The van der Waals surface area contributed by atoms with Crippen molar-refractivity contribution in [2.45, 2.75) is 45.1 Å². The van der Waals surface area contributed by atoms with Crippen LogP contribution in [0.2, 0.25) is 0 Å². The van der Waals surface area contributed by atoms with Gasteiger partial charge >= 0.3 is 0 Å². The molecule has 0 saturated heterocycles. The van der Waals surface area contributed by atoms with Crippen LogP contribution < -0.4 is 5.32 Å². The molecule has 0 aromatic rings. The quantitative estimate of drug-likeness (QED) is 0.778. The Morgan fingerprint density at radius 1 is 1.53 bits per heavy atom. The summed E-state index contributed by atoms with van der Waals surface area (Å²) in [5.41, 5.74) is -0.279. The number of hydrogen-bond donors (Lipinski definition) is 1. The van der Waals surface area contributed by atoms with Crippen LogP contribution in [0.1, 0.15) is 39.5 Å². The molecule has 1 N–H and O–H groups in total. The second-order valence-electron chi connectivity index (χ2n) is 4.74. The Kier molecular flexibility index (Phi) is 4.14. The van der Waals surface area contributed by atoms with Crippen molar-refractivity contribution >= 4 is 5.91 Å². The van der Waals surface area contributed by atoms with Gasteiger partial charge in [0.15, 0.2) is 0 Å². The van der Waals surface area contributed by atoms with Crippen molar-refractivity contribution in [3.05, 3.63) is 0 Å². The predicted molar refractivity (Wildman–Crippen MR) is 60.6 cm³/mol. The lowest BCUT2D eigenvalue weighted by molar-refractivity contribution is -0.143. The van der Waals surface area contributed by atoms with E-state index in [1.165, 1.54) is 6.42 Å². The van der Waals surface area contributed by atoms with Crippen LogP contribution in [-0.2, 0) is 9.53 Å². The monoisotopic (exact) mass is 213 g/mol. The van der Waals surface area contributed by atoms with E-state index in [0.29, 0.717) is 5.92 Å². The van der Waals surface area contributed by atoms with E-state index in [0.717, 1.165) is 19.3 Å². The van der Waals surface area contributed by atoms with E-state index in [1.807, 2.05) is 0 Å². The first-order chi connectivity index (χ1) is 7.07. The summed E-state index contributed by atoms with van der Waals surface area (Å²) in [4.78, 5) is 11.7. The number of methoxy groups -OCH3 is 1. The number of hydrogen-bond acceptors (Lipinski definition) is 2. The molecule has 0 bridgehead atoms. The lowest BCUT2D eigenvalue weighted by atomic mass is 9.70. The van der Waals surface area contributed by atoms with Gasteiger partial charge in [0.25, 0.3) is 0 Å². The number of nitrogens with one attached hydrogen (secondary N) is 1. The number of carbonyl (C=O) groups is 1. The first-order valence-electron chi connectivity index (χ1n) is 5.84. The standard InChI is InChI=1S/C12H23NO2/c1-5-9-6-7-10(11(14)13-3)12(2,8-9)15-4/h9-10H,5-8H2,1-4H3,(H,13,14). The smallest absolute Gasteiger partial charge is 0.225 e. The Labute approximate surface area is 92.6 Å². The zero-order valence-electron chi connectivity index (χ0n) is 10.3. The molecule has 0 aromatic heterocycles. The number of ether oxygens (including phenoxy) is 1. The molecule has 3 heteroatoms. The van der Waals surface area contributed by atoms with Gasteiger partial charge in [-0.3, -0.25) is 4.79 Å². The molecule has 1 aliphatic carbocycles. The molecular weight excluding hydrogens is 190 g/mol. The zero-order valence-corrected chi connectivity index (χ0v) is 10.3. The van der Waals surface area contributed by atoms with Gasteiger partial charge in [0, 0.05) is 14.2 Å². The van der Waals surface area contributed by atoms with E-state index >= 15 is 0 Å². The first-order valence-corrected chi connectivity index (χ1v) is 5.84. The van der Waals surface area contributed by atoms with E-state index in [9.17, 15) is 4.79 Å². The fraction of sp³-hybridized carbons (Fsp3) is 0.917. The molecule has 88 valence electrons. The van der Waals surface area contributed by atoms with Gasteiger partial charge in [0.2, 0.25) is 5.91 Å². The van der Waals surface area contributed by atoms with Gasteiger partial charge in [-0.05, 0) is 32.1 Å². The normalized spacial score (nSPS) is 36.3. The van der Waals surface area contributed by atoms with Crippen molar-refractivity contribution in [1.82, 2.24) is 5.32 Å². The van der Waals surface area contributed by atoms with Crippen LogP contribution in [0.3, 0.4) is 0 Å². The predicted octanol–water partition coefficient (Wildman–Crippen LogP) is 1.96. The molecule has 0 heterocycles. The minimum Gasteiger partial charge on any atom is -0.378 e. The second-order valence-corrected chi connectivity index (χ2v) is 4.74. The van der Waals surface area contributed by atoms with E-state index < -0.39 is 0 Å². The fourth-order valence-corrected chi connectivity index (χ4v) is 2.68. The largest absolute Gasteiger partial charge is 0.378 e. The van der Waals surface area contributed by atoms with E-state index in [1.54, 1.807) is 14.2 Å². The molecule has 1 amide bonds. The van der Waals surface area contributed by atoms with Crippen LogP contribution >= 0.6 is 0 Å². The van der Waals surface area contributed by atoms with Gasteiger partial charge in [-0.2, -0.15) is 0 Å². The van der Waals surface area contributed by atoms with Gasteiger partial charge in [-0.15, -0.1) is 0 Å². The molecule has 0 aromatic carbocycles. The third-order valence-corrected chi connectivity index (χ3v) is 3.90. The first kappa shape index (κ1) is 12.5. The minimum absolute atomic E-state index is 0.00954. The van der Waals surface area contributed by atoms with E-state index in [-0.39, 0.29) is 17.4 Å². The van der Waals surface area contributed by atoms with Crippen LogP contribution in [0.5, 0.6) is 0 Å². The molecule has 1 saturated carbocycles. The zero-order chi connectivity index (χ0) is 11.5. The third kappa shape index (κ3) is 2.51. The van der Waals surface area contributed by atoms with Crippen molar-refractivity contribution in [3.8, 4) is 0 Å². The van der Waals surface area contributed by atoms with Crippen molar-refractivity contribution in [1.29, 1.82) is 0 Å². The van der Waals surface area contributed by atoms with E-state index in [4.69, 9.17) is 4.74 Å². The van der Waals surface area contributed by atoms with Crippen molar-refractivity contribution in [3.63, 3.8) is 0 Å². The molecular formula is C12H23NO2. The highest BCUT2D eigenvalue weighted by Gasteiger charge is 2.43. The summed E-state index contributed by atoms with van der Waals surface area (Å²) in [6.07, 6.45) is 4.27. The number of amides is 1. The summed E-state index contributed by atoms with van der Waals surface area (Å²) in [6, 6.07) is 0. The van der Waals surface area contributed by atoms with Crippen molar-refractivity contribution in [2.24, 2.45) is 11.8 Å². The van der Waals surface area contributed by atoms with Crippen LogP contribution in [0.15, 0.2) is 0 Å². The molecule has 0 radical (unpaired) electrons. The molecule has 0 spiro atoms. The second kappa shape index (κ2) is 4.97. The summed E-state index contributed by atoms with van der Waals surface area (Å²) in [5, 5.41) is 2.74. The van der Waals surface area contributed by atoms with Crippen molar-refractivity contribution in [2.75, 3.05) is 14.2 Å². The number of carbonyl (C=O) groups excluding carboxylic acids is 1. The molecule has 15 heavy (non-hydrogen) atoms. The molecule has 1 fully saturated rings. The highest BCUT2D eigenvalue weighted by atomic mass is 16.5. The summed E-state index contributed by atoms with van der Waals surface area (Å²) in [5.74, 6) is 0.833. The van der Waals surface area contributed by atoms with Crippen LogP contribution in [-0.4, -0.2) is 25.7 Å². The van der Waals surface area contributed by atoms with Gasteiger partial charge in [-0.25, -0.2) is 0 Å². The van der Waals surface area contributed by atoms with Crippen LogP contribution in [0.4, 0.5) is 0 Å². The molecule has 3 atom stereocenters. The summed E-state index contributed by atoms with van der Waals surface area (Å²) >= 11 is 0. The SMILES string of the molecule is CCC1CCC(C(=O)NC)C(C)(OC)C1. The maximum Gasteiger partial charge on any atom is 0.225 e. The van der Waals surface area contributed by atoms with Gasteiger partial charge in [-0.1, -0.05) is 13.3 Å². The Hall–Kier alpha value is -0.570. The van der Waals surface area contributed by atoms with Crippen LogP contribution in [0, 0.1) is 11.8 Å². The van der Waals surface area contributed by atoms with Crippen molar-refractivity contribution < 1.29 is 9.53 Å². The Balaban J connectivity index is 2.76. The average molecular weight is 213 g/mol. The highest BCUT2D eigenvalue weighted by molar-refractivity contribution is 5.79. The minimum atomic E-state index is -0.279. The molecule has 0 aliphatic heterocycles. The van der Waals surface area contributed by atoms with E-state index in [2.05, 4.69) is 19.2 Å². The maximum absolute atomic E-state index is 11.7. The summed E-state index contributed by atoms with van der Waals surface area (Å²) in [7, 11) is 3.41. The van der Waals surface area contributed by atoms with Gasteiger partial charge in [0.1, 0.15) is 0 Å². The molecule has 3 nitrogen and oxygen atoms in total. The molecule has 1 rings (SSSR count). The van der Waals surface area contributed by atoms with Gasteiger partial charge < -0.3 is 10.1 Å². The van der Waals surface area contributed by atoms with Gasteiger partial charge in [0.05, 0.1) is 11.5 Å². The Morgan fingerprint density at radius 3 is 2.67 bits per heavy atom. The summed E-state index contributed by atoms with van der Waals surface area (Å²) < 4.78 is 5.59. The number of rotatable bonds is 3. The molecule has 1 aliphatic rings. The Morgan fingerprint density at radius 2 is 2.20 bits per heavy atom. The summed E-state index contributed by atoms with van der Waals surface area (Å²) in [6.45, 7) is 4.27. The third-order valence-electron chi connectivity index (χ3n) is 3.90. The topological polar surface area (TPSA) is 38.3 Å². The fourth-order valence-electron chi connectivity index (χ4n) is 2.68. The highest BCUT2D eigenvalue weighted by Crippen LogP contribution is 2.40. The van der Waals surface area contributed by atoms with Crippen LogP contribution in [0.25, 0.3) is 0 Å².